The van der Waals surface area contributed by atoms with E-state index in [2.05, 4.69) is 16.1 Å². The maximum Gasteiger partial charge on any atom is 0.407 e. The van der Waals surface area contributed by atoms with E-state index in [1.807, 2.05) is 0 Å². The van der Waals surface area contributed by atoms with Gasteiger partial charge in [0.05, 0.1) is 5.69 Å². The lowest BCUT2D eigenvalue weighted by atomic mass is 9.84. The molecule has 0 bridgehead atoms. The summed E-state index contributed by atoms with van der Waals surface area (Å²) < 4.78 is 10.5. The van der Waals surface area contributed by atoms with Crippen LogP contribution in [-0.4, -0.2) is 76.8 Å². The van der Waals surface area contributed by atoms with Gasteiger partial charge in [-0.2, -0.15) is 0 Å². The molecule has 0 aromatic heterocycles. The van der Waals surface area contributed by atoms with Crippen LogP contribution in [0.25, 0.3) is 0 Å². The molecule has 1 aliphatic heterocycles. The third-order valence-corrected chi connectivity index (χ3v) is 6.85. The third kappa shape index (κ3) is 10.6. The lowest BCUT2D eigenvalue weighted by Crippen LogP contribution is -2.62. The van der Waals surface area contributed by atoms with Crippen LogP contribution >= 0.6 is 0 Å². The van der Waals surface area contributed by atoms with Gasteiger partial charge in [-0.3, -0.25) is 29.5 Å². The standard InChI is InChI=1S/C31H41N5O9/c1-30(2,3)44-29(42)34-17-11-10-16-31(33,28(40)41)25(45-36-20-14-8-5-9-15-20)22(37)23-24(43-23)27(39)35-21(26(32)38)18-19-12-6-4-7-13-19/h4-9,12-15,21,23-25,36H,10-11,16-18,33H2,1-3H3,(H2,32,38)(H,34,42)(H,35,39)(H,40,41)/t21?,23-,24+,25?,31+/m1/s1. The van der Waals surface area contributed by atoms with Crippen molar-refractivity contribution in [2.24, 2.45) is 11.5 Å². The molecule has 244 valence electrons. The van der Waals surface area contributed by atoms with Gasteiger partial charge in [0, 0.05) is 13.0 Å². The minimum Gasteiger partial charge on any atom is -0.480 e. The number of carbonyl (C=O) groups excluding carboxylic acids is 4. The molecule has 1 aliphatic rings. The van der Waals surface area contributed by atoms with E-state index in [9.17, 15) is 29.1 Å². The van der Waals surface area contributed by atoms with Gasteiger partial charge >= 0.3 is 12.1 Å². The fourth-order valence-corrected chi connectivity index (χ4v) is 4.45. The minimum absolute atomic E-state index is 0.119. The molecule has 1 fully saturated rings. The van der Waals surface area contributed by atoms with Gasteiger partial charge in [-0.25, -0.2) is 4.79 Å². The molecule has 1 heterocycles. The van der Waals surface area contributed by atoms with Crippen LogP contribution in [0.3, 0.4) is 0 Å². The van der Waals surface area contributed by atoms with Gasteiger partial charge in [-0.05, 0) is 57.7 Å². The third-order valence-electron chi connectivity index (χ3n) is 6.85. The number of hydrogen-bond acceptors (Lipinski definition) is 10. The summed E-state index contributed by atoms with van der Waals surface area (Å²) in [6, 6.07) is 16.2. The predicted octanol–water partition coefficient (Wildman–Crippen LogP) is 1.43. The lowest BCUT2D eigenvalue weighted by molar-refractivity contribution is -0.155. The van der Waals surface area contributed by atoms with E-state index >= 15 is 0 Å². The molecule has 14 heteroatoms. The number of para-hydroxylation sites is 1. The van der Waals surface area contributed by atoms with Gasteiger partial charge < -0.3 is 36.7 Å². The molecule has 0 aliphatic carbocycles. The molecule has 2 aromatic carbocycles. The van der Waals surface area contributed by atoms with Crippen molar-refractivity contribution in [1.29, 1.82) is 0 Å². The number of carboxylic acid groups (broad SMARTS) is 1. The summed E-state index contributed by atoms with van der Waals surface area (Å²) in [5, 5.41) is 15.3. The number of primary amides is 1. The molecule has 45 heavy (non-hydrogen) atoms. The van der Waals surface area contributed by atoms with Crippen molar-refractivity contribution in [3.8, 4) is 0 Å². The number of nitrogens with one attached hydrogen (secondary N) is 3. The molecule has 1 saturated heterocycles. The fourth-order valence-electron chi connectivity index (χ4n) is 4.45. The molecule has 0 radical (unpaired) electrons. The number of epoxide rings is 1. The van der Waals surface area contributed by atoms with Gasteiger partial charge in [0.2, 0.25) is 5.91 Å². The Labute approximate surface area is 261 Å². The van der Waals surface area contributed by atoms with E-state index in [0.717, 1.165) is 5.56 Å². The summed E-state index contributed by atoms with van der Waals surface area (Å²) in [4.78, 5) is 68.7. The highest BCUT2D eigenvalue weighted by Gasteiger charge is 2.58. The van der Waals surface area contributed by atoms with E-state index in [-0.39, 0.29) is 25.8 Å². The van der Waals surface area contributed by atoms with Crippen molar-refractivity contribution in [1.82, 2.24) is 10.6 Å². The van der Waals surface area contributed by atoms with Gasteiger partial charge in [0.1, 0.15) is 11.6 Å². The average Bonchev–Trinajstić information content (AvgIpc) is 3.78. The highest BCUT2D eigenvalue weighted by atomic mass is 16.7. The van der Waals surface area contributed by atoms with Crippen molar-refractivity contribution in [2.45, 2.75) is 81.9 Å². The summed E-state index contributed by atoms with van der Waals surface area (Å²) in [7, 11) is 0. The van der Waals surface area contributed by atoms with Crippen molar-refractivity contribution >= 4 is 35.3 Å². The number of aliphatic carboxylic acids is 1. The number of carboxylic acids is 1. The van der Waals surface area contributed by atoms with Crippen LogP contribution in [0.1, 0.15) is 45.6 Å². The monoisotopic (exact) mass is 627 g/mol. The van der Waals surface area contributed by atoms with Gasteiger partial charge in [-0.1, -0.05) is 48.5 Å². The molecule has 0 saturated carbocycles. The Balaban J connectivity index is 1.69. The van der Waals surface area contributed by atoms with Gasteiger partial charge in [-0.15, -0.1) is 0 Å². The van der Waals surface area contributed by atoms with Crippen LogP contribution in [0.4, 0.5) is 10.5 Å². The minimum atomic E-state index is -2.25. The summed E-state index contributed by atoms with van der Waals surface area (Å²) in [6.45, 7) is 5.34. The molecule has 3 amide bonds. The molecule has 8 N–H and O–H groups in total. The molecule has 3 rings (SSSR count). The number of unbranched alkanes of at least 4 members (excludes halogenated alkanes) is 1. The first-order chi connectivity index (χ1) is 21.2. The number of rotatable bonds is 17. The van der Waals surface area contributed by atoms with E-state index < -0.39 is 65.2 Å². The summed E-state index contributed by atoms with van der Waals surface area (Å²) in [5.41, 5.74) is 12.7. The Morgan fingerprint density at radius 3 is 2.16 bits per heavy atom. The van der Waals surface area contributed by atoms with Crippen LogP contribution in [0.5, 0.6) is 0 Å². The Morgan fingerprint density at radius 1 is 0.956 bits per heavy atom. The first kappa shape index (κ1) is 35.0. The number of carbonyl (C=O) groups is 5. The fraction of sp³-hybridized carbons (Fsp3) is 0.452. The van der Waals surface area contributed by atoms with Crippen LogP contribution < -0.4 is 27.6 Å². The summed E-state index contributed by atoms with van der Waals surface area (Å²) in [5.74, 6) is -3.95. The first-order valence-corrected chi connectivity index (χ1v) is 14.5. The summed E-state index contributed by atoms with van der Waals surface area (Å²) >= 11 is 0. The SMILES string of the molecule is CC(C)(C)OC(=O)NCCCC[C@@](N)(C(=O)O)C(ONc1ccccc1)C(=O)[C@H]1O[C@@H]1C(=O)NC(Cc1ccccc1)C(N)=O. The topological polar surface area (TPSA) is 225 Å². The number of amides is 3. The zero-order valence-electron chi connectivity index (χ0n) is 25.5. The molecule has 5 atom stereocenters. The largest absolute Gasteiger partial charge is 0.480 e. The van der Waals surface area contributed by atoms with E-state index in [0.29, 0.717) is 12.1 Å². The number of Topliss-reactive ketones (excluding diaryl/α,β-unsaturated/α-hetero) is 1. The van der Waals surface area contributed by atoms with Crippen LogP contribution in [0.2, 0.25) is 0 Å². The molecular weight excluding hydrogens is 586 g/mol. The van der Waals surface area contributed by atoms with Crippen LogP contribution in [-0.2, 0) is 39.9 Å². The predicted molar refractivity (Wildman–Crippen MR) is 163 cm³/mol. The smallest absolute Gasteiger partial charge is 0.407 e. The molecule has 2 aromatic rings. The number of alkyl carbamates (subject to hydrolysis) is 1. The van der Waals surface area contributed by atoms with Gasteiger partial charge in [0.25, 0.3) is 5.91 Å². The second-order valence-corrected chi connectivity index (χ2v) is 11.7. The Hall–Kier alpha value is -4.53. The number of ketones is 1. The van der Waals surface area contributed by atoms with Crippen LogP contribution in [0.15, 0.2) is 60.7 Å². The Bertz CT molecular complexity index is 1340. The van der Waals surface area contributed by atoms with E-state index in [4.69, 9.17) is 25.8 Å². The Morgan fingerprint density at radius 2 is 1.58 bits per heavy atom. The van der Waals surface area contributed by atoms with Crippen molar-refractivity contribution in [3.05, 3.63) is 66.2 Å². The second-order valence-electron chi connectivity index (χ2n) is 11.7. The second kappa shape index (κ2) is 15.5. The maximum absolute atomic E-state index is 13.6. The average molecular weight is 628 g/mol. The Kier molecular flexibility index (Phi) is 12.0. The van der Waals surface area contributed by atoms with Gasteiger partial charge in [0.15, 0.2) is 29.6 Å². The normalized spacial score (nSPS) is 18.4. The van der Waals surface area contributed by atoms with Crippen molar-refractivity contribution in [3.63, 3.8) is 0 Å². The van der Waals surface area contributed by atoms with E-state index in [1.165, 1.54) is 0 Å². The maximum atomic E-state index is 13.6. The molecular formula is C31H41N5O9. The van der Waals surface area contributed by atoms with Crippen molar-refractivity contribution < 1.29 is 43.4 Å². The summed E-state index contributed by atoms with van der Waals surface area (Å²) in [6.07, 6.45) is -4.72. The molecule has 2 unspecified atom stereocenters. The molecule has 14 nitrogen and oxygen atoms in total. The number of nitrogens with two attached hydrogens (primary N) is 2. The van der Waals surface area contributed by atoms with Crippen molar-refractivity contribution in [2.75, 3.05) is 12.0 Å². The zero-order chi connectivity index (χ0) is 33.2. The highest BCUT2D eigenvalue weighted by Crippen LogP contribution is 2.30. The highest BCUT2D eigenvalue weighted by molar-refractivity contribution is 6.02. The number of hydrogen-bond donors (Lipinski definition) is 6. The quantitative estimate of drug-likeness (QED) is 0.0835. The lowest BCUT2D eigenvalue weighted by Gasteiger charge is -2.32. The van der Waals surface area contributed by atoms with Crippen LogP contribution in [0, 0.1) is 0 Å². The molecule has 0 spiro atoms. The first-order valence-electron chi connectivity index (χ1n) is 14.5. The zero-order valence-corrected chi connectivity index (χ0v) is 25.5. The number of benzene rings is 2. The number of ether oxygens (including phenoxy) is 2. The number of anilines is 1. The van der Waals surface area contributed by atoms with E-state index in [1.54, 1.807) is 81.4 Å².